The van der Waals surface area contributed by atoms with Crippen LogP contribution in [0, 0.1) is 0 Å². The number of pyridine rings is 1. The molecule has 2 heterocycles. The Balaban J connectivity index is 1.52. The van der Waals surface area contributed by atoms with Crippen molar-refractivity contribution in [2.24, 2.45) is 0 Å². The van der Waals surface area contributed by atoms with Gasteiger partial charge in [-0.25, -0.2) is 0 Å². The van der Waals surface area contributed by atoms with Crippen LogP contribution in [0.1, 0.15) is 12.8 Å². The smallest absolute Gasteiger partial charge is 0.119 e. The molecule has 0 unspecified atom stereocenters. The molecule has 25 heavy (non-hydrogen) atoms. The van der Waals surface area contributed by atoms with Gasteiger partial charge >= 0.3 is 0 Å². The molecule has 0 radical (unpaired) electrons. The second-order valence-corrected chi connectivity index (χ2v) is 6.39. The summed E-state index contributed by atoms with van der Waals surface area (Å²) >= 11 is 0. The molecule has 4 rings (SSSR count). The number of nitrogens with one attached hydrogen (secondary N) is 1. The van der Waals surface area contributed by atoms with Crippen molar-refractivity contribution in [3.8, 4) is 28.1 Å². The van der Waals surface area contributed by atoms with Crippen molar-refractivity contribution in [2.45, 2.75) is 18.9 Å². The Morgan fingerprint density at radius 1 is 0.800 bits per heavy atom. The van der Waals surface area contributed by atoms with E-state index < -0.39 is 0 Å². The molecule has 0 bridgehead atoms. The normalized spacial score (nSPS) is 15.0. The summed E-state index contributed by atoms with van der Waals surface area (Å²) in [6.45, 7) is 2.09. The fraction of sp³-hybridized carbons (Fsp3) is 0.227. The lowest BCUT2D eigenvalue weighted by atomic mass is 10.0. The minimum atomic E-state index is 0.331. The summed E-state index contributed by atoms with van der Waals surface area (Å²) in [4.78, 5) is 4.50. The predicted molar refractivity (Wildman–Crippen MR) is 102 cm³/mol. The molecule has 1 aliphatic rings. The van der Waals surface area contributed by atoms with Crippen molar-refractivity contribution < 1.29 is 4.74 Å². The number of hydrogen-bond acceptors (Lipinski definition) is 3. The zero-order valence-corrected chi connectivity index (χ0v) is 14.2. The van der Waals surface area contributed by atoms with Gasteiger partial charge in [-0.1, -0.05) is 42.5 Å². The van der Waals surface area contributed by atoms with Crippen molar-refractivity contribution in [1.82, 2.24) is 10.3 Å². The predicted octanol–water partition coefficient (Wildman–Crippen LogP) is 4.55. The average molecular weight is 330 g/mol. The Labute approximate surface area is 148 Å². The fourth-order valence-electron chi connectivity index (χ4n) is 3.21. The first-order valence-electron chi connectivity index (χ1n) is 8.88. The van der Waals surface area contributed by atoms with Gasteiger partial charge in [0.05, 0.1) is 5.69 Å². The standard InChI is InChI=1S/C22H22N2O/c1-2-4-18(5-3-1)22-16-19(10-15-24-22)17-6-8-20(9-7-17)25-21-11-13-23-14-12-21/h1-10,15-16,21,23H,11-14H2. The number of hydrogen-bond donors (Lipinski definition) is 1. The van der Waals surface area contributed by atoms with E-state index in [1.807, 2.05) is 24.4 Å². The van der Waals surface area contributed by atoms with E-state index in [0.29, 0.717) is 6.10 Å². The molecule has 3 heteroatoms. The molecule has 1 aliphatic heterocycles. The lowest BCUT2D eigenvalue weighted by molar-refractivity contribution is 0.162. The van der Waals surface area contributed by atoms with E-state index in [1.165, 1.54) is 11.1 Å². The van der Waals surface area contributed by atoms with Crippen molar-refractivity contribution in [3.63, 3.8) is 0 Å². The first-order chi connectivity index (χ1) is 12.4. The summed E-state index contributed by atoms with van der Waals surface area (Å²) in [5.74, 6) is 0.952. The summed E-state index contributed by atoms with van der Waals surface area (Å²) in [5, 5.41) is 3.36. The Kier molecular flexibility index (Phi) is 4.75. The molecule has 3 nitrogen and oxygen atoms in total. The molecule has 0 atom stereocenters. The number of nitrogens with zero attached hydrogens (tertiary/aromatic N) is 1. The van der Waals surface area contributed by atoms with Gasteiger partial charge in [0.1, 0.15) is 11.9 Å². The second kappa shape index (κ2) is 7.49. The van der Waals surface area contributed by atoms with Gasteiger partial charge in [-0.3, -0.25) is 4.98 Å². The quantitative estimate of drug-likeness (QED) is 0.762. The van der Waals surface area contributed by atoms with Crippen LogP contribution in [0.25, 0.3) is 22.4 Å². The highest BCUT2D eigenvalue weighted by Gasteiger charge is 2.14. The van der Waals surface area contributed by atoms with Crippen LogP contribution in [-0.4, -0.2) is 24.2 Å². The Hall–Kier alpha value is -2.65. The Bertz CT molecular complexity index is 809. The molecule has 2 aromatic carbocycles. The largest absolute Gasteiger partial charge is 0.490 e. The minimum Gasteiger partial charge on any atom is -0.490 e. The van der Waals surface area contributed by atoms with E-state index in [0.717, 1.165) is 42.9 Å². The lowest BCUT2D eigenvalue weighted by Gasteiger charge is -2.23. The second-order valence-electron chi connectivity index (χ2n) is 6.39. The van der Waals surface area contributed by atoms with Gasteiger partial charge in [0, 0.05) is 11.8 Å². The van der Waals surface area contributed by atoms with E-state index in [-0.39, 0.29) is 0 Å². The van der Waals surface area contributed by atoms with E-state index in [4.69, 9.17) is 4.74 Å². The summed E-state index contributed by atoms with van der Waals surface area (Å²) in [6.07, 6.45) is 4.36. The zero-order chi connectivity index (χ0) is 16.9. The molecule has 1 aromatic heterocycles. The third-order valence-corrected chi connectivity index (χ3v) is 4.61. The monoisotopic (exact) mass is 330 g/mol. The molecular weight excluding hydrogens is 308 g/mol. The summed E-state index contributed by atoms with van der Waals surface area (Å²) in [7, 11) is 0. The molecule has 3 aromatic rings. The third-order valence-electron chi connectivity index (χ3n) is 4.61. The van der Waals surface area contributed by atoms with Gasteiger partial charge in [-0.05, 0) is 61.3 Å². The van der Waals surface area contributed by atoms with Crippen molar-refractivity contribution in [3.05, 3.63) is 72.9 Å². The van der Waals surface area contributed by atoms with Gasteiger partial charge < -0.3 is 10.1 Å². The zero-order valence-electron chi connectivity index (χ0n) is 14.2. The number of aromatic nitrogens is 1. The highest BCUT2D eigenvalue weighted by molar-refractivity contribution is 5.70. The number of piperidine rings is 1. The van der Waals surface area contributed by atoms with Gasteiger partial charge in [0.25, 0.3) is 0 Å². The molecule has 0 amide bonds. The van der Waals surface area contributed by atoms with Crippen LogP contribution in [0.4, 0.5) is 0 Å². The van der Waals surface area contributed by atoms with Crippen LogP contribution >= 0.6 is 0 Å². The lowest BCUT2D eigenvalue weighted by Crippen LogP contribution is -2.34. The molecule has 0 saturated carbocycles. The highest BCUT2D eigenvalue weighted by Crippen LogP contribution is 2.26. The third kappa shape index (κ3) is 3.89. The van der Waals surface area contributed by atoms with Crippen LogP contribution in [0.2, 0.25) is 0 Å². The molecule has 0 spiro atoms. The number of rotatable bonds is 4. The molecular formula is C22H22N2O. The summed E-state index contributed by atoms with van der Waals surface area (Å²) in [6, 6.07) is 22.8. The highest BCUT2D eigenvalue weighted by atomic mass is 16.5. The van der Waals surface area contributed by atoms with Crippen molar-refractivity contribution in [1.29, 1.82) is 0 Å². The number of ether oxygens (including phenoxy) is 1. The molecule has 1 saturated heterocycles. The van der Waals surface area contributed by atoms with Gasteiger partial charge in [-0.15, -0.1) is 0 Å². The molecule has 1 N–H and O–H groups in total. The first kappa shape index (κ1) is 15.9. The van der Waals surface area contributed by atoms with Crippen LogP contribution in [0.5, 0.6) is 5.75 Å². The van der Waals surface area contributed by atoms with Gasteiger partial charge in [-0.2, -0.15) is 0 Å². The van der Waals surface area contributed by atoms with E-state index >= 15 is 0 Å². The van der Waals surface area contributed by atoms with Gasteiger partial charge in [0.2, 0.25) is 0 Å². The topological polar surface area (TPSA) is 34.1 Å². The molecule has 0 aliphatic carbocycles. The maximum absolute atomic E-state index is 6.09. The van der Waals surface area contributed by atoms with Crippen LogP contribution in [-0.2, 0) is 0 Å². The van der Waals surface area contributed by atoms with E-state index in [1.54, 1.807) is 0 Å². The summed E-state index contributed by atoms with van der Waals surface area (Å²) in [5.41, 5.74) is 4.47. The van der Waals surface area contributed by atoms with Crippen molar-refractivity contribution >= 4 is 0 Å². The van der Waals surface area contributed by atoms with Crippen LogP contribution in [0.15, 0.2) is 72.9 Å². The van der Waals surface area contributed by atoms with Crippen molar-refractivity contribution in [2.75, 3.05) is 13.1 Å². The maximum atomic E-state index is 6.09. The molecule has 1 fully saturated rings. The fourth-order valence-corrected chi connectivity index (χ4v) is 3.21. The minimum absolute atomic E-state index is 0.331. The number of benzene rings is 2. The summed E-state index contributed by atoms with van der Waals surface area (Å²) < 4.78 is 6.09. The average Bonchev–Trinajstić information content (AvgIpc) is 2.70. The van der Waals surface area contributed by atoms with E-state index in [9.17, 15) is 0 Å². The molecule has 126 valence electrons. The van der Waals surface area contributed by atoms with Gasteiger partial charge in [0.15, 0.2) is 0 Å². The van der Waals surface area contributed by atoms with E-state index in [2.05, 4.69) is 58.8 Å². The Morgan fingerprint density at radius 3 is 2.32 bits per heavy atom. The van der Waals surface area contributed by atoms with Crippen LogP contribution < -0.4 is 10.1 Å². The first-order valence-corrected chi connectivity index (χ1v) is 8.88. The maximum Gasteiger partial charge on any atom is 0.119 e. The SMILES string of the molecule is c1ccc(-c2cc(-c3ccc(OC4CCNCC4)cc3)ccn2)cc1. The Morgan fingerprint density at radius 2 is 1.56 bits per heavy atom. The van der Waals surface area contributed by atoms with Crippen LogP contribution in [0.3, 0.4) is 0 Å².